The molecule has 0 saturated carbocycles. The average molecular weight is 898 g/mol. The minimum atomic E-state index is -0.847. The zero-order chi connectivity index (χ0) is 46.5. The average Bonchev–Trinajstić information content (AvgIpc) is 3.29. The Morgan fingerprint density at radius 1 is 0.438 bits per heavy atom. The van der Waals surface area contributed by atoms with Crippen molar-refractivity contribution in [1.29, 1.82) is 0 Å². The van der Waals surface area contributed by atoms with Gasteiger partial charge in [0.05, 0.1) is 25.4 Å². The monoisotopic (exact) mass is 898 g/mol. The summed E-state index contributed by atoms with van der Waals surface area (Å²) in [6.07, 6.45) is 67.1. The number of aliphatic hydroxyl groups excluding tert-OH is 2. The number of amides is 1. The van der Waals surface area contributed by atoms with Crippen LogP contribution in [0.1, 0.15) is 284 Å². The molecule has 0 aromatic rings. The highest BCUT2D eigenvalue weighted by Gasteiger charge is 2.18. The van der Waals surface area contributed by atoms with Crippen LogP contribution in [0, 0.1) is 0 Å². The molecule has 1 amide bonds. The summed E-state index contributed by atoms with van der Waals surface area (Å²) in [5.41, 5.74) is 0. The summed E-state index contributed by atoms with van der Waals surface area (Å²) < 4.78 is 5.40. The van der Waals surface area contributed by atoms with E-state index < -0.39 is 12.1 Å². The topological polar surface area (TPSA) is 95.9 Å². The maximum atomic E-state index is 12.4. The molecule has 0 aliphatic rings. The standard InChI is InChI=1S/C58H107NO5/c1-3-5-7-9-11-13-15-17-28-32-36-40-44-48-52-58(63)64-53-49-45-41-37-33-29-26-24-22-20-18-19-21-23-25-27-31-35-39-43-47-51-57(62)59-55(54-60)56(61)50-46-42-38-34-30-16-14-12-10-8-6-4-2/h15,17,29,33,41,45-46,50,55-56,60-61H,3-14,16,18-28,30-32,34-40,42-44,47-49,51-54H2,1-2H3,(H,59,62)/b17-15-,33-29-,45-41-,50-46+. The zero-order valence-electron chi connectivity index (χ0n) is 42.5. The number of aliphatic hydroxyl groups is 2. The van der Waals surface area contributed by atoms with E-state index in [-0.39, 0.29) is 18.5 Å². The lowest BCUT2D eigenvalue weighted by molar-refractivity contribution is -0.143. The van der Waals surface area contributed by atoms with Gasteiger partial charge in [0.15, 0.2) is 0 Å². The Balaban J connectivity index is 3.48. The molecular formula is C58H107NO5. The maximum absolute atomic E-state index is 12.4. The molecule has 0 heterocycles. The summed E-state index contributed by atoms with van der Waals surface area (Å²) >= 11 is 0. The van der Waals surface area contributed by atoms with Crippen molar-refractivity contribution in [2.75, 3.05) is 13.2 Å². The van der Waals surface area contributed by atoms with Crippen LogP contribution >= 0.6 is 0 Å². The first kappa shape index (κ1) is 61.8. The first-order valence-electron chi connectivity index (χ1n) is 27.9. The molecule has 0 fully saturated rings. The van der Waals surface area contributed by atoms with Crippen LogP contribution in [0.3, 0.4) is 0 Å². The Morgan fingerprint density at radius 2 is 0.781 bits per heavy atom. The summed E-state index contributed by atoms with van der Waals surface area (Å²) in [6.45, 7) is 4.77. The molecule has 6 nitrogen and oxygen atoms in total. The number of allylic oxidation sites excluding steroid dienone is 6. The van der Waals surface area contributed by atoms with E-state index >= 15 is 0 Å². The van der Waals surface area contributed by atoms with Gasteiger partial charge in [0.25, 0.3) is 0 Å². The Bertz CT molecular complexity index is 1080. The highest BCUT2D eigenvalue weighted by atomic mass is 16.5. The Kier molecular flexibility index (Phi) is 51.6. The van der Waals surface area contributed by atoms with E-state index in [1.54, 1.807) is 6.08 Å². The summed E-state index contributed by atoms with van der Waals surface area (Å²) in [7, 11) is 0. The van der Waals surface area contributed by atoms with Gasteiger partial charge < -0.3 is 20.3 Å². The number of ether oxygens (including phenoxy) is 1. The van der Waals surface area contributed by atoms with E-state index in [9.17, 15) is 19.8 Å². The van der Waals surface area contributed by atoms with Crippen molar-refractivity contribution in [2.24, 2.45) is 0 Å². The van der Waals surface area contributed by atoms with Gasteiger partial charge in [-0.1, -0.05) is 242 Å². The molecule has 2 unspecified atom stereocenters. The Morgan fingerprint density at radius 3 is 1.20 bits per heavy atom. The molecule has 0 radical (unpaired) electrons. The summed E-state index contributed by atoms with van der Waals surface area (Å²) in [6, 6.07) is -0.631. The summed E-state index contributed by atoms with van der Waals surface area (Å²) in [5.74, 6) is -0.119. The van der Waals surface area contributed by atoms with E-state index in [4.69, 9.17) is 4.74 Å². The number of rotatable bonds is 51. The second kappa shape index (κ2) is 53.4. The summed E-state index contributed by atoms with van der Waals surface area (Å²) in [4.78, 5) is 24.4. The van der Waals surface area contributed by atoms with Crippen LogP contribution in [0.4, 0.5) is 0 Å². The van der Waals surface area contributed by atoms with Crippen LogP contribution < -0.4 is 5.32 Å². The summed E-state index contributed by atoms with van der Waals surface area (Å²) in [5, 5.41) is 23.0. The molecule has 374 valence electrons. The van der Waals surface area contributed by atoms with Gasteiger partial charge in [0.2, 0.25) is 5.91 Å². The number of esters is 1. The van der Waals surface area contributed by atoms with Gasteiger partial charge >= 0.3 is 5.97 Å². The quantitative estimate of drug-likeness (QED) is 0.0321. The van der Waals surface area contributed by atoms with Crippen molar-refractivity contribution in [2.45, 2.75) is 296 Å². The number of unbranched alkanes of at least 4 members (excludes halogenated alkanes) is 34. The van der Waals surface area contributed by atoms with Crippen LogP contribution in [0.25, 0.3) is 0 Å². The minimum Gasteiger partial charge on any atom is -0.465 e. The third-order valence-electron chi connectivity index (χ3n) is 12.6. The second-order valence-electron chi connectivity index (χ2n) is 18.9. The molecule has 3 N–H and O–H groups in total. The van der Waals surface area contributed by atoms with Crippen LogP contribution in [0.2, 0.25) is 0 Å². The van der Waals surface area contributed by atoms with Gasteiger partial charge in [0.1, 0.15) is 0 Å². The molecule has 0 aliphatic carbocycles. The van der Waals surface area contributed by atoms with Crippen molar-refractivity contribution in [3.8, 4) is 0 Å². The van der Waals surface area contributed by atoms with Crippen molar-refractivity contribution >= 4 is 11.9 Å². The molecule has 0 spiro atoms. The van der Waals surface area contributed by atoms with E-state index in [1.165, 1.54) is 205 Å². The van der Waals surface area contributed by atoms with E-state index in [1.807, 2.05) is 6.08 Å². The van der Waals surface area contributed by atoms with Crippen molar-refractivity contribution in [3.63, 3.8) is 0 Å². The smallest absolute Gasteiger partial charge is 0.305 e. The zero-order valence-corrected chi connectivity index (χ0v) is 42.5. The van der Waals surface area contributed by atoms with E-state index in [2.05, 4.69) is 55.6 Å². The Labute approximate surface area is 397 Å². The molecule has 64 heavy (non-hydrogen) atoms. The molecule has 0 aliphatic heterocycles. The lowest BCUT2D eigenvalue weighted by Gasteiger charge is -2.20. The van der Waals surface area contributed by atoms with Crippen LogP contribution in [0.5, 0.6) is 0 Å². The molecule has 6 heteroatoms. The van der Waals surface area contributed by atoms with Gasteiger partial charge in [0, 0.05) is 12.8 Å². The molecule has 0 aromatic carbocycles. The van der Waals surface area contributed by atoms with Crippen LogP contribution in [-0.2, 0) is 14.3 Å². The van der Waals surface area contributed by atoms with E-state index in [0.717, 1.165) is 51.4 Å². The SMILES string of the molecule is CCCCCCC/C=C\CCCCCCCC(=O)OCC/C=C\C/C=C\CCCCCCCCCCCCCCCCC(=O)NC(CO)C(O)/C=C/CCCCCCCCCCCC. The lowest BCUT2D eigenvalue weighted by Crippen LogP contribution is -2.45. The predicted molar refractivity (Wildman–Crippen MR) is 278 cm³/mol. The van der Waals surface area contributed by atoms with Crippen molar-refractivity contribution < 1.29 is 24.5 Å². The number of carbonyl (C=O) groups excluding carboxylic acids is 2. The van der Waals surface area contributed by atoms with Crippen LogP contribution in [-0.4, -0.2) is 47.4 Å². The lowest BCUT2D eigenvalue weighted by atomic mass is 10.0. The Hall–Kier alpha value is -2.18. The highest BCUT2D eigenvalue weighted by Crippen LogP contribution is 2.16. The number of hydrogen-bond acceptors (Lipinski definition) is 5. The van der Waals surface area contributed by atoms with E-state index in [0.29, 0.717) is 19.4 Å². The minimum absolute atomic E-state index is 0.0451. The first-order valence-corrected chi connectivity index (χ1v) is 27.9. The fourth-order valence-electron chi connectivity index (χ4n) is 8.29. The molecule has 0 bridgehead atoms. The van der Waals surface area contributed by atoms with Gasteiger partial charge in [-0.25, -0.2) is 0 Å². The predicted octanol–water partition coefficient (Wildman–Crippen LogP) is 17.0. The molecule has 2 atom stereocenters. The fraction of sp³-hybridized carbons (Fsp3) is 0.828. The first-order chi connectivity index (χ1) is 31.5. The largest absolute Gasteiger partial charge is 0.465 e. The third-order valence-corrected chi connectivity index (χ3v) is 12.6. The highest BCUT2D eigenvalue weighted by molar-refractivity contribution is 5.76. The number of carbonyl (C=O) groups is 2. The van der Waals surface area contributed by atoms with Gasteiger partial charge in [-0.05, 0) is 77.0 Å². The van der Waals surface area contributed by atoms with Crippen molar-refractivity contribution in [1.82, 2.24) is 5.32 Å². The molecule has 0 saturated heterocycles. The molecule has 0 rings (SSSR count). The van der Waals surface area contributed by atoms with Gasteiger partial charge in [-0.3, -0.25) is 9.59 Å². The number of nitrogens with one attached hydrogen (secondary N) is 1. The number of hydrogen-bond donors (Lipinski definition) is 3. The molecular weight excluding hydrogens is 791 g/mol. The van der Waals surface area contributed by atoms with Gasteiger partial charge in [-0.2, -0.15) is 0 Å². The second-order valence-corrected chi connectivity index (χ2v) is 18.9. The third kappa shape index (κ3) is 49.3. The van der Waals surface area contributed by atoms with Crippen molar-refractivity contribution in [3.05, 3.63) is 48.6 Å². The van der Waals surface area contributed by atoms with Gasteiger partial charge in [-0.15, -0.1) is 0 Å². The molecule has 0 aromatic heterocycles. The van der Waals surface area contributed by atoms with Crippen LogP contribution in [0.15, 0.2) is 48.6 Å². The maximum Gasteiger partial charge on any atom is 0.305 e. The normalized spacial score (nSPS) is 13.0. The fourth-order valence-corrected chi connectivity index (χ4v) is 8.29.